The highest BCUT2D eigenvalue weighted by Crippen LogP contribution is 2.21. The number of aromatic nitrogens is 3. The predicted molar refractivity (Wildman–Crippen MR) is 88.1 cm³/mol. The molecule has 114 valence electrons. The molecule has 6 nitrogen and oxygen atoms in total. The normalized spacial score (nSPS) is 10.2. The minimum absolute atomic E-state index is 0.0461. The lowest BCUT2D eigenvalue weighted by atomic mass is 10.2. The summed E-state index contributed by atoms with van der Waals surface area (Å²) in [6.07, 6.45) is 0.335. The highest BCUT2D eigenvalue weighted by Gasteiger charge is 2.12. The van der Waals surface area contributed by atoms with E-state index < -0.39 is 0 Å². The van der Waals surface area contributed by atoms with Gasteiger partial charge in [0.2, 0.25) is 11.1 Å². The van der Waals surface area contributed by atoms with Crippen LogP contribution in [0.4, 0.5) is 0 Å². The van der Waals surface area contributed by atoms with E-state index in [2.05, 4.69) is 31.1 Å². The fraction of sp³-hybridized carbons (Fsp3) is 0.286. The van der Waals surface area contributed by atoms with Crippen LogP contribution in [-0.4, -0.2) is 45.3 Å². The third-order valence-corrected chi connectivity index (χ3v) is 4.25. The molecule has 1 aromatic carbocycles. The van der Waals surface area contributed by atoms with Crippen molar-refractivity contribution < 1.29 is 4.79 Å². The van der Waals surface area contributed by atoms with Crippen molar-refractivity contribution in [2.75, 3.05) is 19.3 Å². The SMILES string of the molecule is CN(CCC#N)C(=O)CSc1n[nH]c(-c2ccc(Br)cc2)n1. The molecule has 0 radical (unpaired) electrons. The van der Waals surface area contributed by atoms with Gasteiger partial charge in [0.25, 0.3) is 0 Å². The highest BCUT2D eigenvalue weighted by molar-refractivity contribution is 9.10. The molecule has 0 unspecified atom stereocenters. The molecule has 0 bridgehead atoms. The van der Waals surface area contributed by atoms with Crippen molar-refractivity contribution >= 4 is 33.6 Å². The van der Waals surface area contributed by atoms with Crippen LogP contribution in [0.2, 0.25) is 0 Å². The zero-order valence-corrected chi connectivity index (χ0v) is 14.3. The van der Waals surface area contributed by atoms with Crippen molar-refractivity contribution in [3.05, 3.63) is 28.7 Å². The molecule has 0 fully saturated rings. The molecule has 0 spiro atoms. The topological polar surface area (TPSA) is 85.7 Å². The average Bonchev–Trinajstić information content (AvgIpc) is 2.99. The lowest BCUT2D eigenvalue weighted by Crippen LogP contribution is -2.29. The summed E-state index contributed by atoms with van der Waals surface area (Å²) in [5.41, 5.74) is 0.931. The zero-order valence-electron chi connectivity index (χ0n) is 11.9. The van der Waals surface area contributed by atoms with E-state index in [-0.39, 0.29) is 11.7 Å². The molecule has 0 saturated carbocycles. The third kappa shape index (κ3) is 4.58. The molecule has 0 saturated heterocycles. The van der Waals surface area contributed by atoms with Crippen molar-refractivity contribution in [3.63, 3.8) is 0 Å². The summed E-state index contributed by atoms with van der Waals surface area (Å²) in [6.45, 7) is 0.439. The number of carbonyl (C=O) groups excluding carboxylic acids is 1. The summed E-state index contributed by atoms with van der Waals surface area (Å²) in [5, 5.41) is 16.0. The lowest BCUT2D eigenvalue weighted by molar-refractivity contribution is -0.127. The Kier molecular flexibility index (Phi) is 5.98. The van der Waals surface area contributed by atoms with Crippen LogP contribution in [0.15, 0.2) is 33.9 Å². The van der Waals surface area contributed by atoms with E-state index in [0.29, 0.717) is 23.9 Å². The van der Waals surface area contributed by atoms with Crippen LogP contribution in [-0.2, 0) is 4.79 Å². The number of amides is 1. The number of rotatable bonds is 6. The number of hydrogen-bond acceptors (Lipinski definition) is 5. The summed E-state index contributed by atoms with van der Waals surface area (Å²) >= 11 is 4.65. The van der Waals surface area contributed by atoms with E-state index in [0.717, 1.165) is 10.0 Å². The molecule has 1 heterocycles. The van der Waals surface area contributed by atoms with Gasteiger partial charge < -0.3 is 4.90 Å². The number of carbonyl (C=O) groups is 1. The van der Waals surface area contributed by atoms with E-state index in [9.17, 15) is 4.79 Å². The van der Waals surface area contributed by atoms with Crippen LogP contribution in [0, 0.1) is 11.3 Å². The summed E-state index contributed by atoms with van der Waals surface area (Å²) < 4.78 is 0.997. The molecule has 1 N–H and O–H groups in total. The van der Waals surface area contributed by atoms with E-state index in [1.807, 2.05) is 30.3 Å². The third-order valence-electron chi connectivity index (χ3n) is 2.89. The monoisotopic (exact) mass is 379 g/mol. The van der Waals surface area contributed by atoms with Crippen molar-refractivity contribution in [1.29, 1.82) is 5.26 Å². The number of H-pyrrole nitrogens is 1. The number of nitrogens with one attached hydrogen (secondary N) is 1. The fourth-order valence-electron chi connectivity index (χ4n) is 1.63. The molecular formula is C14H14BrN5OS. The van der Waals surface area contributed by atoms with Gasteiger partial charge in [-0.2, -0.15) is 5.26 Å². The number of aromatic amines is 1. The highest BCUT2D eigenvalue weighted by atomic mass is 79.9. The first-order valence-corrected chi connectivity index (χ1v) is 8.30. The van der Waals surface area contributed by atoms with Gasteiger partial charge >= 0.3 is 0 Å². The predicted octanol–water partition coefficient (Wildman–Crippen LogP) is 2.70. The Balaban J connectivity index is 1.91. The second-order valence-electron chi connectivity index (χ2n) is 4.49. The maximum Gasteiger partial charge on any atom is 0.232 e. The summed E-state index contributed by atoms with van der Waals surface area (Å²) in [6, 6.07) is 9.74. The largest absolute Gasteiger partial charge is 0.344 e. The van der Waals surface area contributed by atoms with Gasteiger partial charge in [-0.05, 0) is 12.1 Å². The number of thioether (sulfide) groups is 1. The minimum Gasteiger partial charge on any atom is -0.344 e. The van der Waals surface area contributed by atoms with Gasteiger partial charge in [0.15, 0.2) is 5.82 Å². The van der Waals surface area contributed by atoms with E-state index >= 15 is 0 Å². The van der Waals surface area contributed by atoms with E-state index in [1.165, 1.54) is 11.8 Å². The number of nitrogens with zero attached hydrogens (tertiary/aromatic N) is 4. The zero-order chi connectivity index (χ0) is 15.9. The van der Waals surface area contributed by atoms with Crippen molar-refractivity contribution in [2.24, 2.45) is 0 Å². The Bertz CT molecular complexity index is 679. The number of nitriles is 1. The first kappa shape index (κ1) is 16.5. The summed E-state index contributed by atoms with van der Waals surface area (Å²) in [5.74, 6) is 0.870. The Morgan fingerprint density at radius 3 is 2.86 bits per heavy atom. The molecule has 0 aliphatic heterocycles. The average molecular weight is 380 g/mol. The van der Waals surface area contributed by atoms with Crippen LogP contribution in [0.1, 0.15) is 6.42 Å². The quantitative estimate of drug-likeness (QED) is 0.779. The molecule has 1 aromatic heterocycles. The van der Waals surface area contributed by atoms with Gasteiger partial charge in [0.1, 0.15) is 0 Å². The maximum atomic E-state index is 11.9. The van der Waals surface area contributed by atoms with E-state index in [4.69, 9.17) is 5.26 Å². The van der Waals surface area contributed by atoms with Crippen LogP contribution < -0.4 is 0 Å². The second-order valence-corrected chi connectivity index (χ2v) is 6.34. The standard InChI is InChI=1S/C14H14BrN5OS/c1-20(8-2-7-16)12(21)9-22-14-17-13(18-19-14)10-3-5-11(15)6-4-10/h3-6H,2,8-9H2,1H3,(H,17,18,19). The first-order chi connectivity index (χ1) is 10.6. The Hall–Kier alpha value is -1.85. The van der Waals surface area contributed by atoms with Crippen LogP contribution >= 0.6 is 27.7 Å². The number of benzene rings is 1. The second kappa shape index (κ2) is 7.96. The smallest absolute Gasteiger partial charge is 0.232 e. The van der Waals surface area contributed by atoms with Gasteiger partial charge in [-0.25, -0.2) is 4.98 Å². The molecule has 1 amide bonds. The molecule has 0 aliphatic rings. The van der Waals surface area contributed by atoms with Gasteiger partial charge in [-0.3, -0.25) is 9.89 Å². The molecular weight excluding hydrogens is 366 g/mol. The molecule has 0 aliphatic carbocycles. The van der Waals surface area contributed by atoms with Gasteiger partial charge in [0, 0.05) is 23.6 Å². The maximum absolute atomic E-state index is 11.9. The first-order valence-electron chi connectivity index (χ1n) is 6.52. The van der Waals surface area contributed by atoms with Crippen molar-refractivity contribution in [2.45, 2.75) is 11.6 Å². The van der Waals surface area contributed by atoms with Gasteiger partial charge in [-0.15, -0.1) is 5.10 Å². The molecule has 2 rings (SSSR count). The summed E-state index contributed by atoms with van der Waals surface area (Å²) in [7, 11) is 1.69. The lowest BCUT2D eigenvalue weighted by Gasteiger charge is -2.14. The fourth-order valence-corrected chi connectivity index (χ4v) is 2.63. The molecule has 22 heavy (non-hydrogen) atoms. The van der Waals surface area contributed by atoms with Crippen LogP contribution in [0.3, 0.4) is 0 Å². The Morgan fingerprint density at radius 2 is 2.18 bits per heavy atom. The Morgan fingerprint density at radius 1 is 1.45 bits per heavy atom. The molecule has 2 aromatic rings. The molecule has 8 heteroatoms. The minimum atomic E-state index is -0.0461. The van der Waals surface area contributed by atoms with E-state index in [1.54, 1.807) is 11.9 Å². The Labute approximate surface area is 141 Å². The van der Waals surface area contributed by atoms with Crippen molar-refractivity contribution in [3.8, 4) is 17.5 Å². The summed E-state index contributed by atoms with van der Waals surface area (Å²) in [4.78, 5) is 17.8. The van der Waals surface area contributed by atoms with Crippen LogP contribution in [0.25, 0.3) is 11.4 Å². The van der Waals surface area contributed by atoms with Crippen molar-refractivity contribution in [1.82, 2.24) is 20.1 Å². The molecule has 0 atom stereocenters. The van der Waals surface area contributed by atoms with Gasteiger partial charge in [-0.1, -0.05) is 39.8 Å². The number of hydrogen-bond donors (Lipinski definition) is 1. The van der Waals surface area contributed by atoms with Crippen LogP contribution in [0.5, 0.6) is 0 Å². The van der Waals surface area contributed by atoms with Gasteiger partial charge in [0.05, 0.1) is 18.2 Å². The number of halogens is 1.